The van der Waals surface area contributed by atoms with Crippen LogP contribution in [0.4, 0.5) is 0 Å². The highest BCUT2D eigenvalue weighted by atomic mass is 32.2. The van der Waals surface area contributed by atoms with Crippen LogP contribution in [-0.2, 0) is 9.22 Å². The van der Waals surface area contributed by atoms with Gasteiger partial charge in [-0.25, -0.2) is 0 Å². The van der Waals surface area contributed by atoms with Crippen molar-refractivity contribution in [1.29, 1.82) is 0 Å². The Hall–Kier alpha value is -0.783. The minimum Gasteiger partial charge on any atom is -0.403 e. The van der Waals surface area contributed by atoms with Gasteiger partial charge in [-0.05, 0) is 30.3 Å². The third-order valence-corrected chi connectivity index (χ3v) is 9.67. The molecule has 1 aliphatic heterocycles. The molecule has 1 N–H and O–H groups in total. The number of amides is 1. The summed E-state index contributed by atoms with van der Waals surface area (Å²) in [7, 11) is -1.91. The van der Waals surface area contributed by atoms with Gasteiger partial charge in [0.1, 0.15) is 5.37 Å². The molecule has 1 fully saturated rings. The van der Waals surface area contributed by atoms with Crippen LogP contribution in [0.5, 0.6) is 0 Å². The van der Waals surface area contributed by atoms with Gasteiger partial charge >= 0.3 is 0 Å². The zero-order chi connectivity index (χ0) is 15.0. The van der Waals surface area contributed by atoms with Crippen LogP contribution in [0.1, 0.15) is 20.8 Å². The predicted octanol–water partition coefficient (Wildman–Crippen LogP) is 3.63. The van der Waals surface area contributed by atoms with Crippen LogP contribution in [0.25, 0.3) is 0 Å². The summed E-state index contributed by atoms with van der Waals surface area (Å²) in [6, 6.07) is 10.1. The van der Waals surface area contributed by atoms with Gasteiger partial charge in [0.15, 0.2) is 14.4 Å². The van der Waals surface area contributed by atoms with Crippen molar-refractivity contribution in [2.24, 2.45) is 0 Å². The maximum atomic E-state index is 11.8. The van der Waals surface area contributed by atoms with Gasteiger partial charge in [-0.2, -0.15) is 0 Å². The molecular weight excluding hydrogens is 286 g/mol. The summed E-state index contributed by atoms with van der Waals surface area (Å²) >= 11 is 1.66. The molecule has 2 rings (SSSR count). The van der Waals surface area contributed by atoms with Crippen molar-refractivity contribution in [2.75, 3.05) is 0 Å². The van der Waals surface area contributed by atoms with Crippen LogP contribution in [0.15, 0.2) is 35.2 Å². The quantitative estimate of drug-likeness (QED) is 0.682. The summed E-state index contributed by atoms with van der Waals surface area (Å²) in [6.45, 7) is 10.9. The molecule has 1 amide bonds. The molecule has 1 aromatic rings. The number of hydrogen-bond acceptors (Lipinski definition) is 3. The molecule has 0 saturated carbocycles. The first-order valence-electron chi connectivity index (χ1n) is 6.91. The van der Waals surface area contributed by atoms with Gasteiger partial charge in [0.25, 0.3) is 5.91 Å². The second-order valence-electron chi connectivity index (χ2n) is 6.66. The van der Waals surface area contributed by atoms with E-state index in [4.69, 9.17) is 4.43 Å². The number of hydrogen-bond donors (Lipinski definition) is 1. The van der Waals surface area contributed by atoms with Crippen LogP contribution in [0.2, 0.25) is 18.1 Å². The predicted molar refractivity (Wildman–Crippen MR) is 86.3 cm³/mol. The second kappa shape index (κ2) is 5.54. The normalized spacial score (nSPS) is 23.1. The van der Waals surface area contributed by atoms with Crippen molar-refractivity contribution in [2.45, 2.75) is 55.3 Å². The van der Waals surface area contributed by atoms with Crippen LogP contribution < -0.4 is 5.32 Å². The number of carbonyl (C=O) groups is 1. The molecule has 5 heteroatoms. The molecule has 20 heavy (non-hydrogen) atoms. The van der Waals surface area contributed by atoms with E-state index in [2.05, 4.69) is 51.3 Å². The lowest BCUT2D eigenvalue weighted by molar-refractivity contribution is -0.137. The van der Waals surface area contributed by atoms with Crippen molar-refractivity contribution in [1.82, 2.24) is 5.32 Å². The largest absolute Gasteiger partial charge is 0.403 e. The van der Waals surface area contributed by atoms with E-state index in [9.17, 15) is 4.79 Å². The number of thioether (sulfide) groups is 1. The van der Waals surface area contributed by atoms with Gasteiger partial charge in [0.05, 0.1) is 0 Å². The summed E-state index contributed by atoms with van der Waals surface area (Å²) in [5.74, 6) is 0.0169. The summed E-state index contributed by atoms with van der Waals surface area (Å²) in [4.78, 5) is 13.0. The maximum Gasteiger partial charge on any atom is 0.251 e. The standard InChI is InChI=1S/C15H23NO2SSi/c1-15(2,3)20(4,5)18-12-13(17)16-14(12)19-11-9-7-6-8-10-11/h6-10,12,14H,1-5H3,(H,16,17). The fourth-order valence-corrected chi connectivity index (χ4v) is 4.10. The Bertz CT molecular complexity index is 484. The van der Waals surface area contributed by atoms with Crippen LogP contribution in [-0.4, -0.2) is 25.7 Å². The summed E-state index contributed by atoms with van der Waals surface area (Å²) < 4.78 is 6.24. The molecule has 1 aliphatic rings. The van der Waals surface area contributed by atoms with Crippen LogP contribution in [0.3, 0.4) is 0 Å². The van der Waals surface area contributed by atoms with Gasteiger partial charge in [-0.1, -0.05) is 50.7 Å². The molecule has 1 heterocycles. The molecule has 0 bridgehead atoms. The summed E-state index contributed by atoms with van der Waals surface area (Å²) in [6.07, 6.45) is -0.318. The molecule has 110 valence electrons. The van der Waals surface area contributed by atoms with Gasteiger partial charge in [-0.15, -0.1) is 0 Å². The van der Waals surface area contributed by atoms with Crippen molar-refractivity contribution in [3.63, 3.8) is 0 Å². The van der Waals surface area contributed by atoms with Gasteiger partial charge < -0.3 is 9.74 Å². The fourth-order valence-electron chi connectivity index (χ4n) is 1.69. The molecule has 1 saturated heterocycles. The van der Waals surface area contributed by atoms with Gasteiger partial charge in [-0.3, -0.25) is 4.79 Å². The van der Waals surface area contributed by atoms with Crippen LogP contribution >= 0.6 is 11.8 Å². The Balaban J connectivity index is 2.02. The molecule has 1 aromatic carbocycles. The Morgan fingerprint density at radius 1 is 1.20 bits per heavy atom. The van der Waals surface area contributed by atoms with E-state index in [1.807, 2.05) is 18.2 Å². The molecule has 3 nitrogen and oxygen atoms in total. The van der Waals surface area contributed by atoms with E-state index in [-0.39, 0.29) is 22.4 Å². The molecule has 0 aliphatic carbocycles. The SMILES string of the molecule is CC(C)(C)[Si](C)(C)OC1C(=O)NC1Sc1ccccc1. The lowest BCUT2D eigenvalue weighted by atomic mass is 10.2. The van der Waals surface area contributed by atoms with E-state index in [0.29, 0.717) is 0 Å². The lowest BCUT2D eigenvalue weighted by Gasteiger charge is -2.44. The highest BCUT2D eigenvalue weighted by molar-refractivity contribution is 8.00. The monoisotopic (exact) mass is 309 g/mol. The van der Waals surface area contributed by atoms with E-state index in [0.717, 1.165) is 4.90 Å². The minimum atomic E-state index is -1.91. The first-order chi connectivity index (χ1) is 9.21. The zero-order valence-corrected chi connectivity index (χ0v) is 14.6. The Labute approximate surface area is 126 Å². The highest BCUT2D eigenvalue weighted by Gasteiger charge is 2.48. The number of carbonyl (C=O) groups excluding carboxylic acids is 1. The molecule has 2 atom stereocenters. The van der Waals surface area contributed by atoms with E-state index in [1.165, 1.54) is 0 Å². The van der Waals surface area contributed by atoms with Gasteiger partial charge in [0, 0.05) is 4.90 Å². The number of β-lactam (4-membered cyclic amide) rings is 1. The van der Waals surface area contributed by atoms with Crippen molar-refractivity contribution >= 4 is 26.0 Å². The van der Waals surface area contributed by atoms with E-state index >= 15 is 0 Å². The number of rotatable bonds is 4. The van der Waals surface area contributed by atoms with Crippen LogP contribution in [0, 0.1) is 0 Å². The smallest absolute Gasteiger partial charge is 0.251 e. The van der Waals surface area contributed by atoms with Gasteiger partial charge in [0.2, 0.25) is 0 Å². The summed E-state index contributed by atoms with van der Waals surface area (Å²) in [5, 5.41) is 3.08. The average molecular weight is 310 g/mol. The van der Waals surface area contributed by atoms with E-state index in [1.54, 1.807) is 11.8 Å². The van der Waals surface area contributed by atoms with E-state index < -0.39 is 8.32 Å². The number of benzene rings is 1. The Morgan fingerprint density at radius 3 is 2.30 bits per heavy atom. The average Bonchev–Trinajstić information content (AvgIpc) is 2.36. The minimum absolute atomic E-state index is 0.0169. The first-order valence-corrected chi connectivity index (χ1v) is 10.7. The Kier molecular flexibility index (Phi) is 4.32. The van der Waals surface area contributed by atoms with Crippen molar-refractivity contribution in [3.05, 3.63) is 30.3 Å². The molecule has 0 radical (unpaired) electrons. The maximum absolute atomic E-state index is 11.8. The van der Waals surface area contributed by atoms with Crippen molar-refractivity contribution in [3.8, 4) is 0 Å². The third-order valence-electron chi connectivity index (χ3n) is 4.05. The molecule has 0 aromatic heterocycles. The number of nitrogens with one attached hydrogen (secondary N) is 1. The van der Waals surface area contributed by atoms with Crippen molar-refractivity contribution < 1.29 is 9.22 Å². The third kappa shape index (κ3) is 3.27. The highest BCUT2D eigenvalue weighted by Crippen LogP contribution is 2.40. The molecule has 0 spiro atoms. The topological polar surface area (TPSA) is 38.3 Å². The Morgan fingerprint density at radius 2 is 1.80 bits per heavy atom. The molecule has 2 unspecified atom stereocenters. The summed E-state index contributed by atoms with van der Waals surface area (Å²) in [5.41, 5.74) is 0. The lowest BCUT2D eigenvalue weighted by Crippen LogP contribution is -2.65. The molecular formula is C15H23NO2SSi. The fraction of sp³-hybridized carbons (Fsp3) is 0.533. The second-order valence-corrected chi connectivity index (χ2v) is 12.6. The zero-order valence-electron chi connectivity index (χ0n) is 12.8. The first kappa shape index (κ1) is 15.6.